The topological polar surface area (TPSA) is 79.5 Å². The van der Waals surface area contributed by atoms with Gasteiger partial charge in [-0.25, -0.2) is 4.79 Å². The van der Waals surface area contributed by atoms with Crippen molar-refractivity contribution < 1.29 is 14.3 Å². The normalized spacial score (nSPS) is 22.8. The van der Waals surface area contributed by atoms with E-state index in [1.807, 2.05) is 30.3 Å². The van der Waals surface area contributed by atoms with Crippen LogP contribution in [0.15, 0.2) is 30.3 Å². The number of carbonyl (C=O) groups is 2. The molecule has 3 N–H and O–H groups in total. The van der Waals surface area contributed by atoms with E-state index in [0.717, 1.165) is 31.2 Å². The minimum Gasteiger partial charge on any atom is -0.445 e. The zero-order valence-corrected chi connectivity index (χ0v) is 13.1. The van der Waals surface area contributed by atoms with Gasteiger partial charge in [0.2, 0.25) is 5.91 Å². The molecule has 0 aromatic heterocycles. The summed E-state index contributed by atoms with van der Waals surface area (Å²) < 4.78 is 5.18. The number of carbonyl (C=O) groups excluding carboxylic acids is 2. The number of ether oxygens (including phenoxy) is 1. The third kappa shape index (κ3) is 5.25. The molecule has 2 saturated carbocycles. The van der Waals surface area contributed by atoms with Crippen molar-refractivity contribution in [3.8, 4) is 0 Å². The molecule has 2 amide bonds. The number of alkyl carbamates (subject to hydrolysis) is 1. The lowest BCUT2D eigenvalue weighted by Gasteiger charge is -2.35. The summed E-state index contributed by atoms with van der Waals surface area (Å²) in [6.07, 6.45) is 3.48. The molecule has 23 heavy (non-hydrogen) atoms. The third-order valence-corrected chi connectivity index (χ3v) is 4.17. The fourth-order valence-electron chi connectivity index (χ4n) is 2.58. The Morgan fingerprint density at radius 3 is 2.43 bits per heavy atom. The van der Waals surface area contributed by atoms with E-state index in [1.165, 1.54) is 0 Å². The lowest BCUT2D eigenvalue weighted by molar-refractivity contribution is -0.120. The zero-order valence-electron chi connectivity index (χ0n) is 13.1. The zero-order chi connectivity index (χ0) is 16.1. The highest BCUT2D eigenvalue weighted by Gasteiger charge is 2.31. The van der Waals surface area contributed by atoms with Crippen LogP contribution in [0.3, 0.4) is 0 Å². The monoisotopic (exact) mass is 317 g/mol. The van der Waals surface area contributed by atoms with Gasteiger partial charge in [-0.3, -0.25) is 4.79 Å². The summed E-state index contributed by atoms with van der Waals surface area (Å²) in [7, 11) is 0. The first-order valence-corrected chi connectivity index (χ1v) is 8.19. The van der Waals surface area contributed by atoms with Crippen molar-refractivity contribution >= 4 is 12.0 Å². The van der Waals surface area contributed by atoms with Crippen molar-refractivity contribution in [1.29, 1.82) is 0 Å². The molecule has 3 rings (SSSR count). The van der Waals surface area contributed by atoms with Gasteiger partial charge in [-0.15, -0.1) is 0 Å². The van der Waals surface area contributed by atoms with Gasteiger partial charge >= 0.3 is 6.09 Å². The van der Waals surface area contributed by atoms with Gasteiger partial charge < -0.3 is 20.7 Å². The number of hydrogen-bond acceptors (Lipinski definition) is 4. The summed E-state index contributed by atoms with van der Waals surface area (Å²) in [5, 5.41) is 9.00. The fraction of sp³-hybridized carbons (Fsp3) is 0.529. The Bertz CT molecular complexity index is 539. The molecule has 0 aliphatic heterocycles. The molecular weight excluding hydrogens is 294 g/mol. The Morgan fingerprint density at radius 1 is 1.00 bits per heavy atom. The van der Waals surface area contributed by atoms with Crippen LogP contribution in [-0.4, -0.2) is 36.7 Å². The predicted octanol–water partition coefficient (Wildman–Crippen LogP) is 1.31. The molecular formula is C17H23N3O3. The lowest BCUT2D eigenvalue weighted by atomic mass is 9.87. The van der Waals surface area contributed by atoms with Crippen molar-refractivity contribution in [2.75, 3.05) is 6.54 Å². The van der Waals surface area contributed by atoms with Gasteiger partial charge in [0.1, 0.15) is 6.61 Å². The first kappa shape index (κ1) is 15.8. The maximum Gasteiger partial charge on any atom is 0.407 e. The maximum atomic E-state index is 11.7. The van der Waals surface area contributed by atoms with E-state index >= 15 is 0 Å². The smallest absolute Gasteiger partial charge is 0.407 e. The van der Waals surface area contributed by atoms with Crippen molar-refractivity contribution in [1.82, 2.24) is 16.0 Å². The first-order chi connectivity index (χ1) is 11.2. The summed E-state index contributed by atoms with van der Waals surface area (Å²) >= 11 is 0. The van der Waals surface area contributed by atoms with Crippen LogP contribution in [0, 0.1) is 0 Å². The summed E-state index contributed by atoms with van der Waals surface area (Å²) in [6.45, 7) is 0.634. The van der Waals surface area contributed by atoms with Gasteiger partial charge in [-0.05, 0) is 31.2 Å². The Labute approximate surface area is 136 Å². The van der Waals surface area contributed by atoms with Crippen LogP contribution in [-0.2, 0) is 16.1 Å². The Hall–Kier alpha value is -2.08. The quantitative estimate of drug-likeness (QED) is 0.708. The molecule has 6 heteroatoms. The Balaban J connectivity index is 1.24. The largest absolute Gasteiger partial charge is 0.445 e. The summed E-state index contributed by atoms with van der Waals surface area (Å²) in [5.74, 6) is 0.0613. The molecule has 124 valence electrons. The number of amides is 2. The Kier molecular flexibility index (Phi) is 5.12. The van der Waals surface area contributed by atoms with Crippen molar-refractivity contribution in [3.63, 3.8) is 0 Å². The molecule has 1 aromatic rings. The van der Waals surface area contributed by atoms with E-state index in [2.05, 4.69) is 16.0 Å². The molecule has 0 saturated heterocycles. The highest BCUT2D eigenvalue weighted by atomic mass is 16.5. The van der Waals surface area contributed by atoms with Crippen LogP contribution in [0.1, 0.15) is 31.2 Å². The standard InChI is InChI=1S/C17H23N3O3/c21-16(19-13-6-7-13)10-18-14-8-15(9-14)20-17(22)23-11-12-4-2-1-3-5-12/h1-5,13-15,18H,6-11H2,(H,19,21)(H,20,22). The van der Waals surface area contributed by atoms with Crippen LogP contribution in [0.5, 0.6) is 0 Å². The van der Waals surface area contributed by atoms with Gasteiger partial charge in [0.05, 0.1) is 6.54 Å². The van der Waals surface area contributed by atoms with Gasteiger partial charge in [-0.1, -0.05) is 30.3 Å². The second-order valence-electron chi connectivity index (χ2n) is 6.29. The minimum atomic E-state index is -0.385. The van der Waals surface area contributed by atoms with Gasteiger partial charge in [-0.2, -0.15) is 0 Å². The molecule has 0 atom stereocenters. The van der Waals surface area contributed by atoms with Crippen LogP contribution < -0.4 is 16.0 Å². The molecule has 2 fully saturated rings. The highest BCUT2D eigenvalue weighted by Crippen LogP contribution is 2.20. The van der Waals surface area contributed by atoms with E-state index in [4.69, 9.17) is 4.74 Å². The number of benzene rings is 1. The second kappa shape index (κ2) is 7.46. The molecule has 0 heterocycles. The SMILES string of the molecule is O=C(CNC1CC(NC(=O)OCc2ccccc2)C1)NC1CC1. The van der Waals surface area contributed by atoms with E-state index in [-0.39, 0.29) is 24.6 Å². The minimum absolute atomic E-state index is 0.0613. The maximum absolute atomic E-state index is 11.7. The molecule has 2 aliphatic carbocycles. The van der Waals surface area contributed by atoms with Crippen LogP contribution in [0.2, 0.25) is 0 Å². The molecule has 0 unspecified atom stereocenters. The molecule has 0 bridgehead atoms. The molecule has 6 nitrogen and oxygen atoms in total. The van der Waals surface area contributed by atoms with Crippen LogP contribution >= 0.6 is 0 Å². The van der Waals surface area contributed by atoms with Gasteiger partial charge in [0.15, 0.2) is 0 Å². The summed E-state index contributed by atoms with van der Waals surface area (Å²) in [4.78, 5) is 23.3. The molecule has 0 spiro atoms. The lowest BCUT2D eigenvalue weighted by Crippen LogP contribution is -2.54. The predicted molar refractivity (Wildman–Crippen MR) is 85.7 cm³/mol. The van der Waals surface area contributed by atoms with E-state index in [9.17, 15) is 9.59 Å². The van der Waals surface area contributed by atoms with E-state index in [0.29, 0.717) is 18.6 Å². The highest BCUT2D eigenvalue weighted by molar-refractivity contribution is 5.78. The summed E-state index contributed by atoms with van der Waals surface area (Å²) in [6, 6.07) is 10.4. The van der Waals surface area contributed by atoms with E-state index < -0.39 is 0 Å². The second-order valence-corrected chi connectivity index (χ2v) is 6.29. The first-order valence-electron chi connectivity index (χ1n) is 8.19. The van der Waals surface area contributed by atoms with Gasteiger partial charge in [0.25, 0.3) is 0 Å². The number of hydrogen-bond donors (Lipinski definition) is 3. The van der Waals surface area contributed by atoms with Crippen LogP contribution in [0.25, 0.3) is 0 Å². The summed E-state index contributed by atoms with van der Waals surface area (Å²) in [5.41, 5.74) is 0.970. The molecule has 1 aromatic carbocycles. The molecule has 2 aliphatic rings. The average Bonchev–Trinajstić information content (AvgIpc) is 3.32. The van der Waals surface area contributed by atoms with E-state index in [1.54, 1.807) is 0 Å². The average molecular weight is 317 g/mol. The van der Waals surface area contributed by atoms with Crippen LogP contribution in [0.4, 0.5) is 4.79 Å². The van der Waals surface area contributed by atoms with Crippen molar-refractivity contribution in [2.24, 2.45) is 0 Å². The third-order valence-electron chi connectivity index (χ3n) is 4.17. The number of rotatable bonds is 7. The fourth-order valence-corrected chi connectivity index (χ4v) is 2.58. The van der Waals surface area contributed by atoms with Gasteiger partial charge in [0, 0.05) is 18.1 Å². The Morgan fingerprint density at radius 2 is 1.74 bits per heavy atom. The van der Waals surface area contributed by atoms with Crippen molar-refractivity contribution in [2.45, 2.75) is 50.4 Å². The van der Waals surface area contributed by atoms with Crippen molar-refractivity contribution in [3.05, 3.63) is 35.9 Å². The molecule has 0 radical (unpaired) electrons. The number of nitrogens with one attached hydrogen (secondary N) is 3.